The van der Waals surface area contributed by atoms with E-state index in [0.29, 0.717) is 5.28 Å². The molecule has 3 nitrogen and oxygen atoms in total. The van der Waals surface area contributed by atoms with E-state index in [-0.39, 0.29) is 7.92 Å². The van der Waals surface area contributed by atoms with Gasteiger partial charge < -0.3 is 13.3 Å². The Morgan fingerprint density at radius 1 is 0.933 bits per heavy atom. The fraction of sp³-hybridized carbons (Fsp3) is 1.00. The minimum atomic E-state index is -2.42. The highest BCUT2D eigenvalue weighted by Gasteiger charge is 2.48. The standard InChI is InChI=1S/C10H25O3PSi/c1-7-10(14(8-2)9-3)15(11-4,12-5)13-6/h10H,7-9H2,1-6H3. The van der Waals surface area contributed by atoms with Crippen molar-refractivity contribution in [1.29, 1.82) is 0 Å². The van der Waals surface area contributed by atoms with E-state index < -0.39 is 8.80 Å². The summed E-state index contributed by atoms with van der Waals surface area (Å²) in [5, 5.41) is 0.475. The van der Waals surface area contributed by atoms with Crippen LogP contribution in [0.25, 0.3) is 0 Å². The average molecular weight is 252 g/mol. The van der Waals surface area contributed by atoms with Gasteiger partial charge in [-0.2, -0.15) is 0 Å². The Labute approximate surface area is 96.6 Å². The van der Waals surface area contributed by atoms with Crippen molar-refractivity contribution in [2.24, 2.45) is 0 Å². The Kier molecular flexibility index (Phi) is 8.02. The van der Waals surface area contributed by atoms with Gasteiger partial charge in [-0.15, -0.1) is 0 Å². The van der Waals surface area contributed by atoms with Gasteiger partial charge in [-0.05, 0) is 18.7 Å². The molecule has 15 heavy (non-hydrogen) atoms. The molecule has 0 saturated carbocycles. The van der Waals surface area contributed by atoms with Crippen LogP contribution in [0.15, 0.2) is 0 Å². The third kappa shape index (κ3) is 3.50. The Balaban J connectivity index is 4.86. The molecule has 5 heteroatoms. The molecule has 0 aliphatic heterocycles. The topological polar surface area (TPSA) is 27.7 Å². The summed E-state index contributed by atoms with van der Waals surface area (Å²) in [6.07, 6.45) is 3.51. The highest BCUT2D eigenvalue weighted by Crippen LogP contribution is 2.46. The van der Waals surface area contributed by atoms with Gasteiger partial charge in [-0.25, -0.2) is 0 Å². The lowest BCUT2D eigenvalue weighted by Crippen LogP contribution is -2.53. The van der Waals surface area contributed by atoms with Gasteiger partial charge in [0, 0.05) is 26.6 Å². The van der Waals surface area contributed by atoms with Crippen molar-refractivity contribution in [2.45, 2.75) is 32.5 Å². The van der Waals surface area contributed by atoms with Crippen LogP contribution in [0.5, 0.6) is 0 Å². The number of hydrogen-bond donors (Lipinski definition) is 0. The second-order valence-corrected chi connectivity index (χ2v) is 10.0. The molecule has 0 aromatic rings. The third-order valence-corrected chi connectivity index (χ3v) is 10.7. The van der Waals surface area contributed by atoms with Gasteiger partial charge in [-0.3, -0.25) is 0 Å². The van der Waals surface area contributed by atoms with E-state index in [1.807, 2.05) is 0 Å². The lowest BCUT2D eigenvalue weighted by atomic mass is 10.6. The molecule has 1 atom stereocenters. The van der Waals surface area contributed by atoms with Gasteiger partial charge in [0.05, 0.1) is 0 Å². The predicted octanol–water partition coefficient (Wildman–Crippen LogP) is 2.70. The molecule has 0 aromatic heterocycles. The van der Waals surface area contributed by atoms with Gasteiger partial charge in [-0.1, -0.05) is 28.7 Å². The molecule has 0 aromatic carbocycles. The summed E-state index contributed by atoms with van der Waals surface area (Å²) < 4.78 is 16.8. The smallest absolute Gasteiger partial charge is 0.376 e. The van der Waals surface area contributed by atoms with Crippen LogP contribution in [-0.4, -0.2) is 47.7 Å². The molecule has 0 amide bonds. The lowest BCUT2D eigenvalue weighted by molar-refractivity contribution is 0.120. The normalized spacial score (nSPS) is 14.6. The molecular formula is C10H25O3PSi. The summed E-state index contributed by atoms with van der Waals surface area (Å²) in [5.74, 6) is 0. The molecule has 0 radical (unpaired) electrons. The molecule has 0 aliphatic rings. The van der Waals surface area contributed by atoms with Crippen molar-refractivity contribution in [1.82, 2.24) is 0 Å². The fourth-order valence-corrected chi connectivity index (χ4v) is 9.55. The van der Waals surface area contributed by atoms with Crippen molar-refractivity contribution in [2.75, 3.05) is 33.7 Å². The molecule has 92 valence electrons. The van der Waals surface area contributed by atoms with E-state index in [1.54, 1.807) is 21.3 Å². The summed E-state index contributed by atoms with van der Waals surface area (Å²) in [6.45, 7) is 6.69. The quantitative estimate of drug-likeness (QED) is 0.491. The monoisotopic (exact) mass is 252 g/mol. The largest absolute Gasteiger partial charge is 0.507 e. The van der Waals surface area contributed by atoms with E-state index in [1.165, 1.54) is 12.3 Å². The van der Waals surface area contributed by atoms with Gasteiger partial charge in [0.2, 0.25) is 0 Å². The minimum Gasteiger partial charge on any atom is -0.376 e. The van der Waals surface area contributed by atoms with Crippen molar-refractivity contribution >= 4 is 16.7 Å². The van der Waals surface area contributed by atoms with Crippen LogP contribution in [0, 0.1) is 0 Å². The first kappa shape index (κ1) is 15.5. The highest BCUT2D eigenvalue weighted by molar-refractivity contribution is 7.60. The lowest BCUT2D eigenvalue weighted by Gasteiger charge is -2.36. The van der Waals surface area contributed by atoms with Gasteiger partial charge in [0.25, 0.3) is 0 Å². The zero-order valence-corrected chi connectivity index (χ0v) is 12.8. The third-order valence-electron chi connectivity index (χ3n) is 2.90. The fourth-order valence-electron chi connectivity index (χ4n) is 2.05. The van der Waals surface area contributed by atoms with E-state index in [9.17, 15) is 0 Å². The van der Waals surface area contributed by atoms with E-state index in [4.69, 9.17) is 13.3 Å². The maximum absolute atomic E-state index is 5.58. The zero-order chi connectivity index (χ0) is 11.9. The molecule has 1 unspecified atom stereocenters. The van der Waals surface area contributed by atoms with Gasteiger partial charge in [0.1, 0.15) is 0 Å². The Hall–Kier alpha value is 0.527. The minimum absolute atomic E-state index is 0.0385. The van der Waals surface area contributed by atoms with Gasteiger partial charge >= 0.3 is 8.80 Å². The van der Waals surface area contributed by atoms with E-state index in [2.05, 4.69) is 20.8 Å². The zero-order valence-electron chi connectivity index (χ0n) is 10.9. The molecule has 0 bridgehead atoms. The Morgan fingerprint density at radius 2 is 1.33 bits per heavy atom. The van der Waals surface area contributed by atoms with Crippen LogP contribution < -0.4 is 0 Å². The molecule has 0 fully saturated rings. The highest BCUT2D eigenvalue weighted by atomic mass is 31.1. The van der Waals surface area contributed by atoms with Crippen LogP contribution in [0.4, 0.5) is 0 Å². The molecule has 0 heterocycles. The number of hydrogen-bond acceptors (Lipinski definition) is 3. The number of rotatable bonds is 8. The Morgan fingerprint density at radius 3 is 1.53 bits per heavy atom. The maximum atomic E-state index is 5.58. The molecule has 0 aliphatic carbocycles. The van der Waals surface area contributed by atoms with Crippen molar-refractivity contribution < 1.29 is 13.3 Å². The van der Waals surface area contributed by atoms with Crippen molar-refractivity contribution in [3.05, 3.63) is 0 Å². The summed E-state index contributed by atoms with van der Waals surface area (Å²) >= 11 is 0. The summed E-state index contributed by atoms with van der Waals surface area (Å²) in [4.78, 5) is 0. The van der Waals surface area contributed by atoms with Crippen molar-refractivity contribution in [3.8, 4) is 0 Å². The first-order valence-corrected chi connectivity index (χ1v) is 9.13. The first-order valence-electron chi connectivity index (χ1n) is 5.55. The van der Waals surface area contributed by atoms with E-state index >= 15 is 0 Å². The summed E-state index contributed by atoms with van der Waals surface area (Å²) in [7, 11) is 2.67. The molecular weight excluding hydrogens is 227 g/mol. The second kappa shape index (κ2) is 7.74. The average Bonchev–Trinajstić information content (AvgIpc) is 2.30. The molecule has 0 saturated heterocycles. The molecule has 0 spiro atoms. The van der Waals surface area contributed by atoms with Crippen molar-refractivity contribution in [3.63, 3.8) is 0 Å². The summed E-state index contributed by atoms with van der Waals surface area (Å²) in [6, 6.07) is 0. The molecule has 0 N–H and O–H groups in total. The van der Waals surface area contributed by atoms with Crippen LogP contribution in [0.2, 0.25) is 0 Å². The van der Waals surface area contributed by atoms with Crippen LogP contribution >= 0.6 is 7.92 Å². The van der Waals surface area contributed by atoms with Gasteiger partial charge in [0.15, 0.2) is 0 Å². The first-order chi connectivity index (χ1) is 7.15. The summed E-state index contributed by atoms with van der Waals surface area (Å²) in [5.41, 5.74) is 0. The molecule has 0 rings (SSSR count). The second-order valence-electron chi connectivity index (χ2n) is 3.36. The Bertz CT molecular complexity index is 152. The maximum Gasteiger partial charge on any atom is 0.507 e. The predicted molar refractivity (Wildman–Crippen MR) is 68.9 cm³/mol. The SMILES string of the molecule is CCC(P(CC)CC)[Si](OC)(OC)OC. The van der Waals surface area contributed by atoms with Crippen LogP contribution in [0.3, 0.4) is 0 Å². The van der Waals surface area contributed by atoms with Crippen LogP contribution in [0.1, 0.15) is 27.2 Å². The van der Waals surface area contributed by atoms with Crippen LogP contribution in [-0.2, 0) is 13.3 Å². The van der Waals surface area contributed by atoms with E-state index in [0.717, 1.165) is 6.42 Å².